The zero-order valence-electron chi connectivity index (χ0n) is 11.5. The Balaban J connectivity index is 1.93. The van der Waals surface area contributed by atoms with Gasteiger partial charge >= 0.3 is 0 Å². The van der Waals surface area contributed by atoms with E-state index in [0.29, 0.717) is 6.54 Å². The van der Waals surface area contributed by atoms with Crippen LogP contribution < -0.4 is 0 Å². The normalized spacial score (nSPS) is 10.9. The molecule has 2 nitrogen and oxygen atoms in total. The molecule has 0 amide bonds. The third-order valence-electron chi connectivity index (χ3n) is 3.27. The lowest BCUT2D eigenvalue weighted by Gasteiger charge is -2.21. The molecular weight excluding hydrogens is 270 g/mol. The van der Waals surface area contributed by atoms with E-state index in [2.05, 4.69) is 35.2 Å². The summed E-state index contributed by atoms with van der Waals surface area (Å²) in [7, 11) is 0. The van der Waals surface area contributed by atoms with Crippen LogP contribution in [-0.4, -0.2) is 29.7 Å². The van der Waals surface area contributed by atoms with Gasteiger partial charge in [0.25, 0.3) is 0 Å². The summed E-state index contributed by atoms with van der Waals surface area (Å²) in [5.41, 5.74) is 2.50. The first kappa shape index (κ1) is 15.0. The molecule has 0 aliphatic carbocycles. The maximum Gasteiger partial charge on any atom is 0.0558 e. The molecule has 0 radical (unpaired) electrons. The Bertz CT molecular complexity index is 515. The molecule has 0 bridgehead atoms. The molecule has 0 saturated heterocycles. The third-order valence-corrected chi connectivity index (χ3v) is 3.51. The maximum atomic E-state index is 9.20. The van der Waals surface area contributed by atoms with E-state index >= 15 is 0 Å². The van der Waals surface area contributed by atoms with Crippen molar-refractivity contribution in [2.75, 3.05) is 19.7 Å². The highest BCUT2D eigenvalue weighted by atomic mass is 35.5. The molecule has 0 aliphatic rings. The second kappa shape index (κ2) is 8.05. The number of rotatable bonds is 7. The first-order valence-electron chi connectivity index (χ1n) is 6.89. The van der Waals surface area contributed by atoms with Crippen LogP contribution in [-0.2, 0) is 13.0 Å². The Morgan fingerprint density at radius 1 is 0.900 bits per heavy atom. The van der Waals surface area contributed by atoms with Gasteiger partial charge in [-0.15, -0.1) is 0 Å². The van der Waals surface area contributed by atoms with Crippen molar-refractivity contribution in [3.8, 4) is 0 Å². The van der Waals surface area contributed by atoms with E-state index in [1.54, 1.807) is 0 Å². The van der Waals surface area contributed by atoms with Crippen molar-refractivity contribution in [2.24, 2.45) is 0 Å². The molecule has 0 aliphatic heterocycles. The first-order valence-corrected chi connectivity index (χ1v) is 7.27. The van der Waals surface area contributed by atoms with E-state index in [1.165, 1.54) is 11.1 Å². The predicted molar refractivity (Wildman–Crippen MR) is 84.0 cm³/mol. The smallest absolute Gasteiger partial charge is 0.0558 e. The highest BCUT2D eigenvalue weighted by molar-refractivity contribution is 6.30. The lowest BCUT2D eigenvalue weighted by atomic mass is 10.1. The van der Waals surface area contributed by atoms with E-state index in [9.17, 15) is 5.11 Å². The van der Waals surface area contributed by atoms with Crippen molar-refractivity contribution >= 4 is 11.6 Å². The predicted octanol–water partition coefficient (Wildman–Crippen LogP) is 3.38. The number of hydrogen-bond donors (Lipinski definition) is 1. The van der Waals surface area contributed by atoms with Gasteiger partial charge < -0.3 is 5.11 Å². The first-order chi connectivity index (χ1) is 9.78. The van der Waals surface area contributed by atoms with Gasteiger partial charge in [-0.05, 0) is 29.7 Å². The SMILES string of the molecule is OCCN(CCc1ccccc1)Cc1cccc(Cl)c1. The van der Waals surface area contributed by atoms with Gasteiger partial charge in [-0.25, -0.2) is 0 Å². The van der Waals surface area contributed by atoms with E-state index < -0.39 is 0 Å². The second-order valence-corrected chi connectivity index (χ2v) is 5.30. The molecule has 2 rings (SSSR count). The van der Waals surface area contributed by atoms with Gasteiger partial charge in [0.15, 0.2) is 0 Å². The number of aliphatic hydroxyl groups excluding tert-OH is 1. The summed E-state index contributed by atoms with van der Waals surface area (Å²) < 4.78 is 0. The van der Waals surface area contributed by atoms with Crippen molar-refractivity contribution in [1.29, 1.82) is 0 Å². The summed E-state index contributed by atoms with van der Waals surface area (Å²) >= 11 is 6.01. The van der Waals surface area contributed by atoms with E-state index in [1.807, 2.05) is 24.3 Å². The Labute approximate surface area is 125 Å². The van der Waals surface area contributed by atoms with Gasteiger partial charge in [-0.3, -0.25) is 4.90 Å². The molecule has 106 valence electrons. The Hall–Kier alpha value is -1.35. The quantitative estimate of drug-likeness (QED) is 0.845. The van der Waals surface area contributed by atoms with Gasteiger partial charge in [0.1, 0.15) is 0 Å². The Morgan fingerprint density at radius 2 is 1.65 bits per heavy atom. The summed E-state index contributed by atoms with van der Waals surface area (Å²) in [5, 5.41) is 9.96. The van der Waals surface area contributed by atoms with Gasteiger partial charge in [-0.1, -0.05) is 54.1 Å². The summed E-state index contributed by atoms with van der Waals surface area (Å²) in [6, 6.07) is 18.3. The van der Waals surface area contributed by atoms with E-state index in [4.69, 9.17) is 11.6 Å². The fraction of sp³-hybridized carbons (Fsp3) is 0.294. The average molecular weight is 290 g/mol. The molecule has 0 heterocycles. The fourth-order valence-corrected chi connectivity index (χ4v) is 2.45. The second-order valence-electron chi connectivity index (χ2n) is 4.87. The summed E-state index contributed by atoms with van der Waals surface area (Å²) in [6.45, 7) is 2.60. The largest absolute Gasteiger partial charge is 0.395 e. The molecule has 3 heteroatoms. The summed E-state index contributed by atoms with van der Waals surface area (Å²) in [6.07, 6.45) is 0.988. The van der Waals surface area contributed by atoms with Crippen LogP contribution in [0.1, 0.15) is 11.1 Å². The molecule has 0 spiro atoms. The van der Waals surface area contributed by atoms with Gasteiger partial charge in [0, 0.05) is 24.7 Å². The van der Waals surface area contributed by atoms with Crippen molar-refractivity contribution in [2.45, 2.75) is 13.0 Å². The van der Waals surface area contributed by atoms with Gasteiger partial charge in [0.2, 0.25) is 0 Å². The minimum atomic E-state index is 0.176. The van der Waals surface area contributed by atoms with Gasteiger partial charge in [0.05, 0.1) is 6.61 Å². The number of aliphatic hydroxyl groups is 1. The average Bonchev–Trinajstić information content (AvgIpc) is 2.46. The van der Waals surface area contributed by atoms with Crippen LogP contribution in [0.4, 0.5) is 0 Å². The summed E-state index contributed by atoms with van der Waals surface area (Å²) in [4.78, 5) is 2.25. The number of hydrogen-bond acceptors (Lipinski definition) is 2. The van der Waals surface area contributed by atoms with Crippen molar-refractivity contribution in [1.82, 2.24) is 4.90 Å². The number of halogens is 1. The van der Waals surface area contributed by atoms with Gasteiger partial charge in [-0.2, -0.15) is 0 Å². The standard InChI is InChI=1S/C17H20ClNO/c18-17-8-4-7-16(13-17)14-19(11-12-20)10-9-15-5-2-1-3-6-15/h1-8,13,20H,9-12,14H2. The zero-order chi connectivity index (χ0) is 14.2. The molecule has 20 heavy (non-hydrogen) atoms. The van der Waals surface area contributed by atoms with Crippen molar-refractivity contribution in [3.05, 3.63) is 70.7 Å². The molecule has 0 aromatic heterocycles. The topological polar surface area (TPSA) is 23.5 Å². The zero-order valence-corrected chi connectivity index (χ0v) is 12.3. The minimum absolute atomic E-state index is 0.176. The maximum absolute atomic E-state index is 9.20. The van der Waals surface area contributed by atoms with Crippen LogP contribution in [0.3, 0.4) is 0 Å². The summed E-state index contributed by atoms with van der Waals surface area (Å²) in [5.74, 6) is 0. The van der Waals surface area contributed by atoms with Crippen molar-refractivity contribution < 1.29 is 5.11 Å². The number of benzene rings is 2. The van der Waals surface area contributed by atoms with Crippen LogP contribution in [0.5, 0.6) is 0 Å². The van der Waals surface area contributed by atoms with Crippen molar-refractivity contribution in [3.63, 3.8) is 0 Å². The highest BCUT2D eigenvalue weighted by Crippen LogP contribution is 2.13. The Morgan fingerprint density at radius 3 is 2.35 bits per heavy atom. The molecule has 0 fully saturated rings. The van der Waals surface area contributed by atoms with Crippen LogP contribution in [0, 0.1) is 0 Å². The van der Waals surface area contributed by atoms with Crippen LogP contribution in [0.25, 0.3) is 0 Å². The molecule has 1 N–H and O–H groups in total. The number of nitrogens with zero attached hydrogens (tertiary/aromatic N) is 1. The van der Waals surface area contributed by atoms with Crippen LogP contribution >= 0.6 is 11.6 Å². The Kier molecular flexibility index (Phi) is 6.06. The minimum Gasteiger partial charge on any atom is -0.395 e. The molecule has 2 aromatic carbocycles. The molecule has 0 saturated carbocycles. The molecule has 0 atom stereocenters. The van der Waals surface area contributed by atoms with Crippen LogP contribution in [0.2, 0.25) is 5.02 Å². The molecular formula is C17H20ClNO. The lowest BCUT2D eigenvalue weighted by Crippen LogP contribution is -2.28. The third kappa shape index (κ3) is 4.97. The molecule has 2 aromatic rings. The van der Waals surface area contributed by atoms with Crippen LogP contribution in [0.15, 0.2) is 54.6 Å². The fourth-order valence-electron chi connectivity index (χ4n) is 2.24. The molecule has 0 unspecified atom stereocenters. The van der Waals surface area contributed by atoms with E-state index in [-0.39, 0.29) is 6.61 Å². The highest BCUT2D eigenvalue weighted by Gasteiger charge is 2.06. The van der Waals surface area contributed by atoms with E-state index in [0.717, 1.165) is 24.5 Å². The lowest BCUT2D eigenvalue weighted by molar-refractivity contribution is 0.191. The monoisotopic (exact) mass is 289 g/mol.